The second kappa shape index (κ2) is 4.70. The van der Waals surface area contributed by atoms with Crippen molar-refractivity contribution < 1.29 is 0 Å². The molecule has 0 aliphatic rings. The maximum atomic E-state index is 4.55. The molecule has 0 fully saturated rings. The zero-order valence-electron chi connectivity index (χ0n) is 9.72. The third kappa shape index (κ3) is 2.26. The van der Waals surface area contributed by atoms with E-state index in [2.05, 4.69) is 37.4 Å². The zero-order chi connectivity index (χ0) is 12.5. The first kappa shape index (κ1) is 11.7. The van der Waals surface area contributed by atoms with Crippen LogP contribution in [0.2, 0.25) is 0 Å². The first-order valence-corrected chi connectivity index (χ1v) is 7.10. The zero-order valence-corrected chi connectivity index (χ0v) is 12.1. The van der Waals surface area contributed by atoms with Gasteiger partial charge in [-0.1, -0.05) is 27.3 Å². The molecule has 0 aliphatic carbocycles. The lowest BCUT2D eigenvalue weighted by Crippen LogP contribution is -2.04. The van der Waals surface area contributed by atoms with E-state index in [1.807, 2.05) is 29.9 Å². The Kier molecular flexibility index (Phi) is 3.05. The Morgan fingerprint density at radius 3 is 3.06 bits per heavy atom. The number of nitrogens with one attached hydrogen (secondary N) is 1. The van der Waals surface area contributed by atoms with Gasteiger partial charge in [-0.15, -0.1) is 0 Å². The van der Waals surface area contributed by atoms with Gasteiger partial charge in [0.05, 0.1) is 22.5 Å². The van der Waals surface area contributed by atoms with Crippen molar-refractivity contribution in [1.82, 2.24) is 14.8 Å². The van der Waals surface area contributed by atoms with E-state index in [1.54, 1.807) is 17.5 Å². The van der Waals surface area contributed by atoms with E-state index in [-0.39, 0.29) is 0 Å². The monoisotopic (exact) mass is 322 g/mol. The molecule has 18 heavy (non-hydrogen) atoms. The van der Waals surface area contributed by atoms with Gasteiger partial charge in [-0.25, -0.2) is 4.98 Å². The Morgan fingerprint density at radius 1 is 1.39 bits per heavy atom. The molecular weight excluding hydrogens is 312 g/mol. The summed E-state index contributed by atoms with van der Waals surface area (Å²) in [5, 5.41) is 8.40. The van der Waals surface area contributed by atoms with E-state index in [1.165, 1.54) is 4.70 Å². The number of fused-ring (bicyclic) bond motifs is 1. The fourth-order valence-corrected chi connectivity index (χ4v) is 2.91. The minimum absolute atomic E-state index is 0.734. The van der Waals surface area contributed by atoms with E-state index in [9.17, 15) is 0 Å². The van der Waals surface area contributed by atoms with Crippen LogP contribution in [0.1, 0.15) is 5.69 Å². The Labute approximate surface area is 117 Å². The number of thiazole rings is 1. The summed E-state index contributed by atoms with van der Waals surface area (Å²) in [6.07, 6.45) is 1.80. The molecule has 2 heterocycles. The molecule has 0 aliphatic heterocycles. The highest BCUT2D eigenvalue weighted by atomic mass is 79.9. The molecule has 1 N–H and O–H groups in total. The molecule has 4 nitrogen and oxygen atoms in total. The maximum absolute atomic E-state index is 4.55. The lowest BCUT2D eigenvalue weighted by Gasteiger charge is -2.02. The number of aromatic nitrogens is 3. The molecule has 3 aromatic rings. The largest absolute Gasteiger partial charge is 0.356 e. The Bertz CT molecular complexity index is 688. The van der Waals surface area contributed by atoms with Crippen molar-refractivity contribution >= 4 is 42.6 Å². The van der Waals surface area contributed by atoms with Crippen LogP contribution >= 0.6 is 27.3 Å². The first-order valence-electron chi connectivity index (χ1n) is 5.49. The van der Waals surface area contributed by atoms with Crippen LogP contribution in [0.5, 0.6) is 0 Å². The number of hydrogen-bond acceptors (Lipinski definition) is 4. The van der Waals surface area contributed by atoms with Crippen LogP contribution in [0.4, 0.5) is 5.13 Å². The fraction of sp³-hybridized carbons (Fsp3) is 0.167. The number of rotatable bonds is 3. The van der Waals surface area contributed by atoms with Gasteiger partial charge >= 0.3 is 0 Å². The second-order valence-corrected chi connectivity index (χ2v) is 5.88. The second-order valence-electron chi connectivity index (χ2n) is 3.93. The number of hydrogen-bond donors (Lipinski definition) is 1. The Hall–Kier alpha value is -1.40. The van der Waals surface area contributed by atoms with E-state index in [0.29, 0.717) is 0 Å². The molecule has 0 bridgehead atoms. The van der Waals surface area contributed by atoms with Crippen LogP contribution in [-0.4, -0.2) is 14.8 Å². The summed E-state index contributed by atoms with van der Waals surface area (Å²) in [4.78, 5) is 4.55. The smallest absolute Gasteiger partial charge is 0.184 e. The average molecular weight is 323 g/mol. The molecule has 0 saturated heterocycles. The van der Waals surface area contributed by atoms with Crippen molar-refractivity contribution in [3.63, 3.8) is 0 Å². The molecule has 1 aromatic carbocycles. The summed E-state index contributed by atoms with van der Waals surface area (Å²) >= 11 is 5.12. The van der Waals surface area contributed by atoms with Gasteiger partial charge < -0.3 is 5.32 Å². The van der Waals surface area contributed by atoms with Crippen LogP contribution in [0.15, 0.2) is 34.9 Å². The van der Waals surface area contributed by atoms with Crippen molar-refractivity contribution in [3.05, 3.63) is 40.6 Å². The van der Waals surface area contributed by atoms with Crippen molar-refractivity contribution in [3.8, 4) is 0 Å². The van der Waals surface area contributed by atoms with Gasteiger partial charge in [0.2, 0.25) is 0 Å². The van der Waals surface area contributed by atoms with Crippen LogP contribution in [0.3, 0.4) is 0 Å². The quantitative estimate of drug-likeness (QED) is 0.803. The van der Waals surface area contributed by atoms with Gasteiger partial charge in [0, 0.05) is 17.7 Å². The summed E-state index contributed by atoms with van der Waals surface area (Å²) in [6, 6.07) is 8.13. The first-order chi connectivity index (χ1) is 8.72. The summed E-state index contributed by atoms with van der Waals surface area (Å²) in [7, 11) is 1.94. The van der Waals surface area contributed by atoms with Gasteiger partial charge in [0.1, 0.15) is 0 Å². The van der Waals surface area contributed by atoms with Gasteiger partial charge in [0.15, 0.2) is 5.13 Å². The summed E-state index contributed by atoms with van der Waals surface area (Å²) < 4.78 is 4.10. The summed E-state index contributed by atoms with van der Waals surface area (Å²) in [5.41, 5.74) is 2.15. The summed E-state index contributed by atoms with van der Waals surface area (Å²) in [6.45, 7) is 0.734. The third-order valence-electron chi connectivity index (χ3n) is 2.69. The molecule has 0 spiro atoms. The normalized spacial score (nSPS) is 11.0. The van der Waals surface area contributed by atoms with Crippen molar-refractivity contribution in [2.75, 3.05) is 5.32 Å². The van der Waals surface area contributed by atoms with Crippen LogP contribution in [0.25, 0.3) is 10.2 Å². The number of halogens is 1. The third-order valence-corrected chi connectivity index (χ3v) is 4.18. The molecule has 0 unspecified atom stereocenters. The van der Waals surface area contributed by atoms with Gasteiger partial charge in [-0.05, 0) is 24.3 Å². The molecular formula is C12H11BrN4S. The fourth-order valence-electron chi connectivity index (χ4n) is 1.72. The maximum Gasteiger partial charge on any atom is 0.184 e. The van der Waals surface area contributed by atoms with Gasteiger partial charge in [-0.2, -0.15) is 5.10 Å². The lowest BCUT2D eigenvalue weighted by molar-refractivity contribution is 0.720. The molecule has 0 atom stereocenters. The molecule has 0 amide bonds. The van der Waals surface area contributed by atoms with E-state index >= 15 is 0 Å². The summed E-state index contributed by atoms with van der Waals surface area (Å²) in [5.74, 6) is 0. The van der Waals surface area contributed by atoms with Crippen LogP contribution in [0, 0.1) is 0 Å². The molecule has 0 saturated carbocycles. The highest BCUT2D eigenvalue weighted by Gasteiger charge is 2.05. The Balaban J connectivity index is 1.81. The SMILES string of the molecule is Cn1nccc1CNc1nc2cc(Br)ccc2s1. The molecule has 92 valence electrons. The highest BCUT2D eigenvalue weighted by molar-refractivity contribution is 9.10. The predicted molar refractivity (Wildman–Crippen MR) is 77.9 cm³/mol. The topological polar surface area (TPSA) is 42.7 Å². The number of anilines is 1. The minimum Gasteiger partial charge on any atom is -0.356 e. The van der Waals surface area contributed by atoms with E-state index < -0.39 is 0 Å². The van der Waals surface area contributed by atoms with Crippen molar-refractivity contribution in [1.29, 1.82) is 0 Å². The van der Waals surface area contributed by atoms with Crippen LogP contribution in [-0.2, 0) is 13.6 Å². The van der Waals surface area contributed by atoms with Gasteiger partial charge in [0.25, 0.3) is 0 Å². The number of benzene rings is 1. The lowest BCUT2D eigenvalue weighted by atomic mass is 10.3. The van der Waals surface area contributed by atoms with Crippen molar-refractivity contribution in [2.24, 2.45) is 7.05 Å². The molecule has 2 aromatic heterocycles. The minimum atomic E-state index is 0.734. The molecule has 0 radical (unpaired) electrons. The van der Waals surface area contributed by atoms with Crippen molar-refractivity contribution in [2.45, 2.75) is 6.54 Å². The van der Waals surface area contributed by atoms with E-state index in [4.69, 9.17) is 0 Å². The predicted octanol–water partition coefficient (Wildman–Crippen LogP) is 3.40. The molecule has 3 rings (SSSR count). The standard InChI is InChI=1S/C12H11BrN4S/c1-17-9(4-5-15-17)7-14-12-16-10-6-8(13)2-3-11(10)18-12/h2-6H,7H2,1H3,(H,14,16). The highest BCUT2D eigenvalue weighted by Crippen LogP contribution is 2.28. The van der Waals surface area contributed by atoms with Crippen LogP contribution < -0.4 is 5.32 Å². The molecule has 6 heteroatoms. The number of aryl methyl sites for hydroxylation is 1. The van der Waals surface area contributed by atoms with Gasteiger partial charge in [-0.3, -0.25) is 4.68 Å². The Morgan fingerprint density at radius 2 is 2.28 bits per heavy atom. The van der Waals surface area contributed by atoms with E-state index in [0.717, 1.165) is 27.4 Å². The average Bonchev–Trinajstić information content (AvgIpc) is 2.92. The number of nitrogens with zero attached hydrogens (tertiary/aromatic N) is 3.